The van der Waals surface area contributed by atoms with E-state index in [-0.39, 0.29) is 0 Å². The van der Waals surface area contributed by atoms with E-state index in [1.807, 2.05) is 18.2 Å². The molecular weight excluding hydrogens is 447 g/mol. The van der Waals surface area contributed by atoms with E-state index < -0.39 is 14.0 Å². The summed E-state index contributed by atoms with van der Waals surface area (Å²) in [7, 11) is 0.444. The molecule has 0 fully saturated rings. The summed E-state index contributed by atoms with van der Waals surface area (Å²) in [5.41, 5.74) is 6.86. The van der Waals surface area contributed by atoms with Gasteiger partial charge in [-0.2, -0.15) is 9.49 Å². The second kappa shape index (κ2) is 9.64. The fraction of sp³-hybridized carbons (Fsp3) is 0.346. The van der Waals surface area contributed by atoms with Gasteiger partial charge in [0.05, 0.1) is 12.6 Å². The largest absolute Gasteiger partial charge is 0.494 e. The molecule has 178 valence electrons. The van der Waals surface area contributed by atoms with Crippen LogP contribution in [0.5, 0.6) is 5.75 Å². The molecule has 0 aliphatic carbocycles. The van der Waals surface area contributed by atoms with E-state index in [4.69, 9.17) is 19.6 Å². The van der Waals surface area contributed by atoms with Gasteiger partial charge in [0, 0.05) is 38.1 Å². The molecule has 0 spiro atoms. The van der Waals surface area contributed by atoms with Crippen molar-refractivity contribution >= 4 is 19.1 Å². The normalized spacial score (nSPS) is 11.9. The molecule has 0 saturated heterocycles. The molecule has 0 aliphatic rings. The molecule has 0 unspecified atom stereocenters. The van der Waals surface area contributed by atoms with Crippen molar-refractivity contribution in [1.29, 1.82) is 0 Å². The van der Waals surface area contributed by atoms with Crippen molar-refractivity contribution in [2.24, 2.45) is 0 Å². The zero-order valence-electron chi connectivity index (χ0n) is 20.6. The molecule has 0 bridgehead atoms. The van der Waals surface area contributed by atoms with Gasteiger partial charge in [-0.05, 0) is 43.2 Å². The Kier molecular flexibility index (Phi) is 6.81. The average Bonchev–Trinajstić information content (AvgIpc) is 3.15. The summed E-state index contributed by atoms with van der Waals surface area (Å²) in [6, 6.07) is 12.2. The van der Waals surface area contributed by atoms with Gasteiger partial charge in [-0.25, -0.2) is 14.6 Å². The van der Waals surface area contributed by atoms with Crippen LogP contribution in [-0.2, 0) is 11.5 Å². The highest BCUT2D eigenvalue weighted by Crippen LogP contribution is 2.37. The molecule has 0 saturated carbocycles. The van der Waals surface area contributed by atoms with E-state index >= 15 is 0 Å². The minimum atomic E-state index is -1.20. The predicted molar refractivity (Wildman–Crippen MR) is 136 cm³/mol. The van der Waals surface area contributed by atoms with Crippen molar-refractivity contribution in [2.45, 2.75) is 46.3 Å². The summed E-state index contributed by atoms with van der Waals surface area (Å²) < 4.78 is 27.0. The number of methoxy groups -OCH3 is 1. The number of aromatic nitrogens is 4. The number of halogens is 1. The number of fused-ring (bicyclic) bond motifs is 1. The number of pyridine rings is 2. The van der Waals surface area contributed by atoms with E-state index in [1.165, 1.54) is 17.8 Å². The van der Waals surface area contributed by atoms with E-state index in [2.05, 4.69) is 44.5 Å². The molecular formula is C26H31FN4O2Si. The first-order valence-corrected chi connectivity index (χ1v) is 15.1. The summed E-state index contributed by atoms with van der Waals surface area (Å²) in [6.07, 6.45) is 1.48. The van der Waals surface area contributed by atoms with Crippen LogP contribution in [0.25, 0.3) is 33.5 Å². The van der Waals surface area contributed by atoms with E-state index in [0.29, 0.717) is 35.9 Å². The molecule has 4 aromatic rings. The molecule has 6 nitrogen and oxygen atoms in total. The first-order chi connectivity index (χ1) is 16.2. The Balaban J connectivity index is 1.85. The van der Waals surface area contributed by atoms with Crippen molar-refractivity contribution in [1.82, 2.24) is 19.7 Å². The second-order valence-electron chi connectivity index (χ2n) is 9.72. The maximum absolute atomic E-state index is 13.5. The van der Waals surface area contributed by atoms with E-state index in [0.717, 1.165) is 28.4 Å². The lowest BCUT2D eigenvalue weighted by Gasteiger charge is -2.15. The van der Waals surface area contributed by atoms with Crippen LogP contribution < -0.4 is 4.74 Å². The maximum Gasteiger partial charge on any atom is 0.212 e. The summed E-state index contributed by atoms with van der Waals surface area (Å²) in [5, 5.41) is 4.80. The van der Waals surface area contributed by atoms with Crippen molar-refractivity contribution < 1.29 is 13.9 Å². The van der Waals surface area contributed by atoms with Gasteiger partial charge in [0.15, 0.2) is 0 Å². The Hall–Kier alpha value is -3.10. The molecule has 0 atom stereocenters. The lowest BCUT2D eigenvalue weighted by atomic mass is 9.99. The third-order valence-electron chi connectivity index (χ3n) is 5.98. The standard InChI is InChI=1S/C26H31FN4O2Si/c1-17-8-7-9-20(18(17)2)25-22(32-3)14-21-26(29-25)24(19-10-11-23(27)28-15-19)30-31(21)16-33-12-13-34(4,5)6/h7-11,14-15H,12-13,16H2,1-6H3. The van der Waals surface area contributed by atoms with Crippen molar-refractivity contribution in [3.63, 3.8) is 0 Å². The first kappa shape index (κ1) is 24.0. The molecule has 34 heavy (non-hydrogen) atoms. The first-order valence-electron chi connectivity index (χ1n) is 11.4. The Morgan fingerprint density at radius 1 is 1.06 bits per heavy atom. The van der Waals surface area contributed by atoms with Gasteiger partial charge in [0.2, 0.25) is 5.95 Å². The topological polar surface area (TPSA) is 62.1 Å². The Bertz CT molecular complexity index is 1310. The summed E-state index contributed by atoms with van der Waals surface area (Å²) in [4.78, 5) is 8.85. The zero-order chi connectivity index (χ0) is 24.5. The smallest absolute Gasteiger partial charge is 0.212 e. The van der Waals surface area contributed by atoms with Crippen LogP contribution >= 0.6 is 0 Å². The zero-order valence-corrected chi connectivity index (χ0v) is 21.6. The van der Waals surface area contributed by atoms with Crippen LogP contribution in [-0.4, -0.2) is 41.5 Å². The van der Waals surface area contributed by atoms with Gasteiger partial charge >= 0.3 is 0 Å². The van der Waals surface area contributed by atoms with Crippen molar-refractivity contribution in [3.8, 4) is 28.3 Å². The minimum Gasteiger partial charge on any atom is -0.494 e. The summed E-state index contributed by atoms with van der Waals surface area (Å²) >= 11 is 0. The van der Waals surface area contributed by atoms with Crippen molar-refractivity contribution in [2.75, 3.05) is 13.7 Å². The van der Waals surface area contributed by atoms with Crippen LogP contribution in [0, 0.1) is 19.8 Å². The lowest BCUT2D eigenvalue weighted by molar-refractivity contribution is 0.0818. The number of hydrogen-bond donors (Lipinski definition) is 0. The average molecular weight is 479 g/mol. The van der Waals surface area contributed by atoms with Crippen LogP contribution in [0.15, 0.2) is 42.6 Å². The summed E-state index contributed by atoms with van der Waals surface area (Å²) in [5.74, 6) is 0.126. The van der Waals surface area contributed by atoms with Gasteiger partial charge < -0.3 is 9.47 Å². The van der Waals surface area contributed by atoms with E-state index in [1.54, 1.807) is 17.9 Å². The van der Waals surface area contributed by atoms with Crippen LogP contribution in [0.2, 0.25) is 25.7 Å². The van der Waals surface area contributed by atoms with Crippen LogP contribution in [0.1, 0.15) is 11.1 Å². The minimum absolute atomic E-state index is 0.295. The molecule has 0 aliphatic heterocycles. The number of aryl methyl sites for hydroxylation is 1. The number of ether oxygens (including phenoxy) is 2. The highest BCUT2D eigenvalue weighted by atomic mass is 28.3. The fourth-order valence-electron chi connectivity index (χ4n) is 3.77. The summed E-state index contributed by atoms with van der Waals surface area (Å²) in [6.45, 7) is 12.1. The predicted octanol–water partition coefficient (Wildman–Crippen LogP) is 6.24. The molecule has 3 aromatic heterocycles. The van der Waals surface area contributed by atoms with Gasteiger partial charge in [0.25, 0.3) is 0 Å². The molecule has 0 amide bonds. The third-order valence-corrected chi connectivity index (χ3v) is 7.69. The van der Waals surface area contributed by atoms with Gasteiger partial charge in [0.1, 0.15) is 29.4 Å². The highest BCUT2D eigenvalue weighted by molar-refractivity contribution is 6.76. The molecule has 3 heterocycles. The fourth-order valence-corrected chi connectivity index (χ4v) is 4.53. The van der Waals surface area contributed by atoms with Crippen LogP contribution in [0.4, 0.5) is 4.39 Å². The van der Waals surface area contributed by atoms with Gasteiger partial charge in [-0.15, -0.1) is 0 Å². The molecule has 0 N–H and O–H groups in total. The van der Waals surface area contributed by atoms with Gasteiger partial charge in [-0.3, -0.25) is 0 Å². The number of rotatable bonds is 8. The number of benzene rings is 1. The number of nitrogens with zero attached hydrogens (tertiary/aromatic N) is 4. The quantitative estimate of drug-likeness (QED) is 0.170. The number of hydrogen-bond acceptors (Lipinski definition) is 5. The van der Waals surface area contributed by atoms with E-state index in [9.17, 15) is 4.39 Å². The third kappa shape index (κ3) is 5.03. The lowest BCUT2D eigenvalue weighted by Crippen LogP contribution is -2.22. The highest BCUT2D eigenvalue weighted by Gasteiger charge is 2.21. The van der Waals surface area contributed by atoms with Crippen molar-refractivity contribution in [3.05, 3.63) is 59.7 Å². The monoisotopic (exact) mass is 478 g/mol. The SMILES string of the molecule is COc1cc2c(nc1-c1cccc(C)c1C)c(-c1ccc(F)nc1)nn2COCC[Si](C)(C)C. The molecule has 0 radical (unpaired) electrons. The molecule has 4 rings (SSSR count). The van der Waals surface area contributed by atoms with Crippen LogP contribution in [0.3, 0.4) is 0 Å². The second-order valence-corrected chi connectivity index (χ2v) is 15.3. The Labute approximate surface area is 200 Å². The Morgan fingerprint density at radius 2 is 1.85 bits per heavy atom. The molecule has 1 aromatic carbocycles. The maximum atomic E-state index is 13.5. The Morgan fingerprint density at radius 3 is 2.53 bits per heavy atom. The van der Waals surface area contributed by atoms with Gasteiger partial charge in [-0.1, -0.05) is 37.8 Å². The molecule has 8 heteroatoms.